The van der Waals surface area contributed by atoms with Gasteiger partial charge in [0, 0.05) is 30.9 Å². The molecule has 1 aromatic rings. The highest BCUT2D eigenvalue weighted by Gasteiger charge is 2.39. The second kappa shape index (κ2) is 4.93. The lowest BCUT2D eigenvalue weighted by atomic mass is 10.1. The van der Waals surface area contributed by atoms with Crippen molar-refractivity contribution in [1.82, 2.24) is 0 Å². The molecule has 1 saturated heterocycles. The van der Waals surface area contributed by atoms with E-state index in [0.717, 1.165) is 12.1 Å². The van der Waals surface area contributed by atoms with Gasteiger partial charge in [-0.25, -0.2) is 0 Å². The predicted octanol–water partition coefficient (Wildman–Crippen LogP) is 2.40. The molecule has 1 fully saturated rings. The summed E-state index contributed by atoms with van der Waals surface area (Å²) in [7, 11) is 0. The largest absolute Gasteiger partial charge is 0.423 e. The van der Waals surface area contributed by atoms with Crippen molar-refractivity contribution in [3.8, 4) is 0 Å². The number of benzene rings is 1. The van der Waals surface area contributed by atoms with Crippen LogP contribution in [-0.2, 0) is 6.18 Å². The van der Waals surface area contributed by atoms with Crippen LogP contribution >= 0.6 is 0 Å². The fourth-order valence-electron chi connectivity index (χ4n) is 2.31. The minimum absolute atomic E-state index is 0.112. The Kier molecular flexibility index (Phi) is 3.59. The zero-order valence-corrected chi connectivity index (χ0v) is 10.7. The number of alkyl halides is 3. The van der Waals surface area contributed by atoms with Gasteiger partial charge < -0.3 is 10.6 Å². The molecule has 0 amide bonds. The third-order valence-corrected chi connectivity index (χ3v) is 3.52. The maximum atomic E-state index is 12.9. The normalized spacial score (nSPS) is 23.1. The molecule has 0 saturated carbocycles. The van der Waals surface area contributed by atoms with E-state index in [1.54, 1.807) is 4.90 Å². The summed E-state index contributed by atoms with van der Waals surface area (Å²) in [6.45, 7) is 2.90. The first-order valence-electron chi connectivity index (χ1n) is 6.06. The standard InChI is InChI=1S/C12H14F3N3O2/c1-7-5-17(6-10(7)16)8-2-3-11(18(19)20)9(4-8)12(13,14)15/h2-4,7,10H,5-6,16H2,1H3. The lowest BCUT2D eigenvalue weighted by Gasteiger charge is -2.19. The number of nitro benzene ring substituents is 1. The molecule has 5 nitrogen and oxygen atoms in total. The molecule has 2 rings (SSSR count). The van der Waals surface area contributed by atoms with Gasteiger partial charge in [0.25, 0.3) is 5.69 Å². The topological polar surface area (TPSA) is 72.4 Å². The lowest BCUT2D eigenvalue weighted by Crippen LogP contribution is -2.28. The van der Waals surface area contributed by atoms with Gasteiger partial charge in [-0.05, 0) is 18.1 Å². The number of nitrogens with two attached hydrogens (primary N) is 1. The lowest BCUT2D eigenvalue weighted by molar-refractivity contribution is -0.388. The van der Waals surface area contributed by atoms with Crippen molar-refractivity contribution >= 4 is 11.4 Å². The molecule has 2 atom stereocenters. The molecule has 2 N–H and O–H groups in total. The third-order valence-electron chi connectivity index (χ3n) is 3.52. The van der Waals surface area contributed by atoms with Crippen LogP contribution in [0.2, 0.25) is 0 Å². The monoisotopic (exact) mass is 289 g/mol. The molecule has 20 heavy (non-hydrogen) atoms. The van der Waals surface area contributed by atoms with E-state index in [-0.39, 0.29) is 12.0 Å². The van der Waals surface area contributed by atoms with Crippen LogP contribution in [0, 0.1) is 16.0 Å². The Hall–Kier alpha value is -1.83. The average Bonchev–Trinajstić information content (AvgIpc) is 2.67. The third kappa shape index (κ3) is 2.69. The van der Waals surface area contributed by atoms with Crippen molar-refractivity contribution in [2.24, 2.45) is 11.7 Å². The molecule has 0 spiro atoms. The van der Waals surface area contributed by atoms with Crippen molar-refractivity contribution in [2.75, 3.05) is 18.0 Å². The summed E-state index contributed by atoms with van der Waals surface area (Å²) in [5.74, 6) is 0.166. The summed E-state index contributed by atoms with van der Waals surface area (Å²) in [6, 6.07) is 2.94. The zero-order chi connectivity index (χ0) is 15.1. The number of halogens is 3. The van der Waals surface area contributed by atoms with Crippen molar-refractivity contribution in [3.63, 3.8) is 0 Å². The Morgan fingerprint density at radius 3 is 2.50 bits per heavy atom. The van der Waals surface area contributed by atoms with Gasteiger partial charge in [0.15, 0.2) is 0 Å². The highest BCUT2D eigenvalue weighted by atomic mass is 19.4. The van der Waals surface area contributed by atoms with Crippen LogP contribution in [0.3, 0.4) is 0 Å². The Bertz CT molecular complexity index is 523. The van der Waals surface area contributed by atoms with Crippen molar-refractivity contribution in [3.05, 3.63) is 33.9 Å². The Balaban J connectivity index is 2.40. The SMILES string of the molecule is CC1CN(c2ccc([N+](=O)[O-])c(C(F)(F)F)c2)CC1N. The Morgan fingerprint density at radius 1 is 1.40 bits per heavy atom. The minimum Gasteiger partial charge on any atom is -0.370 e. The van der Waals surface area contributed by atoms with Gasteiger partial charge in [-0.3, -0.25) is 10.1 Å². The number of nitrogens with zero attached hydrogens (tertiary/aromatic N) is 2. The summed E-state index contributed by atoms with van der Waals surface area (Å²) in [5, 5.41) is 10.7. The first-order valence-corrected chi connectivity index (χ1v) is 6.06. The maximum Gasteiger partial charge on any atom is 0.423 e. The molecule has 0 bridgehead atoms. The van der Waals surface area contributed by atoms with Gasteiger partial charge in [-0.15, -0.1) is 0 Å². The molecular weight excluding hydrogens is 275 g/mol. The summed E-state index contributed by atoms with van der Waals surface area (Å²) in [4.78, 5) is 11.4. The molecule has 0 aromatic heterocycles. The van der Waals surface area contributed by atoms with Crippen LogP contribution in [0.5, 0.6) is 0 Å². The fourth-order valence-corrected chi connectivity index (χ4v) is 2.31. The quantitative estimate of drug-likeness (QED) is 0.670. The minimum atomic E-state index is -4.76. The highest BCUT2D eigenvalue weighted by molar-refractivity contribution is 5.57. The van der Waals surface area contributed by atoms with Crippen LogP contribution in [0.1, 0.15) is 12.5 Å². The van der Waals surface area contributed by atoms with Crippen LogP contribution in [-0.4, -0.2) is 24.1 Å². The number of nitro groups is 1. The van der Waals surface area contributed by atoms with Crippen LogP contribution in [0.25, 0.3) is 0 Å². The van der Waals surface area contributed by atoms with Crippen molar-refractivity contribution in [1.29, 1.82) is 0 Å². The molecule has 0 radical (unpaired) electrons. The van der Waals surface area contributed by atoms with E-state index in [1.807, 2.05) is 6.92 Å². The smallest absolute Gasteiger partial charge is 0.370 e. The van der Waals surface area contributed by atoms with Crippen molar-refractivity contribution in [2.45, 2.75) is 19.1 Å². The van der Waals surface area contributed by atoms with Gasteiger partial charge in [0.2, 0.25) is 0 Å². The summed E-state index contributed by atoms with van der Waals surface area (Å²) in [5.41, 5.74) is 3.98. The molecule has 1 aliphatic heterocycles. The summed E-state index contributed by atoms with van der Waals surface area (Å²) < 4.78 is 38.6. The molecule has 1 aliphatic rings. The maximum absolute atomic E-state index is 12.9. The van der Waals surface area contributed by atoms with Crippen molar-refractivity contribution < 1.29 is 18.1 Å². The van der Waals surface area contributed by atoms with Gasteiger partial charge in [0.05, 0.1) is 4.92 Å². The van der Waals surface area contributed by atoms with Crippen LogP contribution < -0.4 is 10.6 Å². The molecular formula is C12H14F3N3O2. The van der Waals surface area contributed by atoms with E-state index in [9.17, 15) is 23.3 Å². The van der Waals surface area contributed by atoms with E-state index in [4.69, 9.17) is 5.73 Å². The Morgan fingerprint density at radius 2 is 2.05 bits per heavy atom. The molecule has 1 aromatic carbocycles. The van der Waals surface area contributed by atoms with Gasteiger partial charge in [0.1, 0.15) is 5.56 Å². The molecule has 1 heterocycles. The van der Waals surface area contributed by atoms with E-state index >= 15 is 0 Å². The highest BCUT2D eigenvalue weighted by Crippen LogP contribution is 2.38. The fraction of sp³-hybridized carbons (Fsp3) is 0.500. The van der Waals surface area contributed by atoms with E-state index in [1.165, 1.54) is 6.07 Å². The number of hydrogen-bond acceptors (Lipinski definition) is 4. The van der Waals surface area contributed by atoms with E-state index in [2.05, 4.69) is 0 Å². The summed E-state index contributed by atoms with van der Waals surface area (Å²) in [6.07, 6.45) is -4.76. The molecule has 110 valence electrons. The number of anilines is 1. The molecule has 8 heteroatoms. The first kappa shape index (κ1) is 14.6. The predicted molar refractivity (Wildman–Crippen MR) is 67.5 cm³/mol. The van der Waals surface area contributed by atoms with Crippen LogP contribution in [0.4, 0.5) is 24.5 Å². The summed E-state index contributed by atoms with van der Waals surface area (Å²) >= 11 is 0. The number of hydrogen-bond donors (Lipinski definition) is 1. The second-order valence-corrected chi connectivity index (χ2v) is 5.00. The molecule has 0 aliphatic carbocycles. The molecule has 2 unspecified atom stereocenters. The van der Waals surface area contributed by atoms with E-state index in [0.29, 0.717) is 18.8 Å². The van der Waals surface area contributed by atoms with E-state index < -0.39 is 22.4 Å². The van der Waals surface area contributed by atoms with Gasteiger partial charge >= 0.3 is 6.18 Å². The first-order chi connectivity index (χ1) is 9.20. The van der Waals surface area contributed by atoms with Gasteiger partial charge in [-0.2, -0.15) is 13.2 Å². The zero-order valence-electron chi connectivity index (χ0n) is 10.7. The second-order valence-electron chi connectivity index (χ2n) is 5.00. The average molecular weight is 289 g/mol. The van der Waals surface area contributed by atoms with Crippen LogP contribution in [0.15, 0.2) is 18.2 Å². The van der Waals surface area contributed by atoms with Gasteiger partial charge in [-0.1, -0.05) is 6.92 Å². The number of rotatable bonds is 2. The Labute approximate surface area is 113 Å².